The van der Waals surface area contributed by atoms with E-state index in [1.165, 1.54) is 22.3 Å². The summed E-state index contributed by atoms with van der Waals surface area (Å²) in [6.45, 7) is 4.23. The van der Waals surface area contributed by atoms with Crippen molar-refractivity contribution >= 4 is 11.8 Å². The molecule has 2 aromatic carbocycles. The third kappa shape index (κ3) is 5.33. The molecule has 1 aromatic heterocycles. The zero-order valence-corrected chi connectivity index (χ0v) is 16.0. The number of hydrogen-bond acceptors (Lipinski definition) is 4. The van der Waals surface area contributed by atoms with Gasteiger partial charge in [0.2, 0.25) is 0 Å². The van der Waals surface area contributed by atoms with E-state index in [-0.39, 0.29) is 18.4 Å². The van der Waals surface area contributed by atoms with E-state index in [9.17, 15) is 0 Å². The highest BCUT2D eigenvalue weighted by atomic mass is 35.5. The summed E-state index contributed by atoms with van der Waals surface area (Å²) in [5.41, 5.74) is 9.23. The van der Waals surface area contributed by atoms with E-state index in [0.717, 1.165) is 12.2 Å². The molecule has 1 atom stereocenters. The summed E-state index contributed by atoms with van der Waals surface area (Å²) in [6.07, 6.45) is 0.796. The normalized spacial score (nSPS) is 11.8. The van der Waals surface area contributed by atoms with Crippen LogP contribution in [0.5, 0.6) is 0 Å². The minimum Gasteiger partial charge on any atom is -1.00 e. The number of aromatic nitrogens is 2. The molecule has 3 N–H and O–H groups in total. The number of nitrogens with zero attached hydrogens (tertiary/aromatic N) is 2. The van der Waals surface area contributed by atoms with E-state index in [1.807, 2.05) is 18.2 Å². The highest BCUT2D eigenvalue weighted by molar-refractivity contribution is 7.98. The standard InChI is InChI=1S/C19H21N3OS.ClH/c1-13-8-9-14(2)16(10-13)12-24-19-22-21-18(23-19)17(20)11-15-6-4-3-5-7-15;/h3-10,17H,11-12,20H2,1-2H3;1H. The molecule has 0 aliphatic carbocycles. The SMILES string of the molecule is Cc1ccc(C)c(CSc2nnc(C([NH3+])Cc3ccccc3)o2)c1.[Cl-]. The van der Waals surface area contributed by atoms with Gasteiger partial charge in [0.15, 0.2) is 6.04 Å². The van der Waals surface area contributed by atoms with E-state index in [2.05, 4.69) is 60.1 Å². The lowest BCUT2D eigenvalue weighted by Gasteiger charge is -2.05. The fraction of sp³-hybridized carbons (Fsp3) is 0.263. The lowest BCUT2D eigenvalue weighted by molar-refractivity contribution is -0.431. The first-order valence-electron chi connectivity index (χ1n) is 8.01. The van der Waals surface area contributed by atoms with Crippen molar-refractivity contribution in [1.29, 1.82) is 0 Å². The fourth-order valence-corrected chi connectivity index (χ4v) is 3.36. The van der Waals surface area contributed by atoms with Gasteiger partial charge in [-0.25, -0.2) is 0 Å². The van der Waals surface area contributed by atoms with Crippen molar-refractivity contribution in [3.8, 4) is 0 Å². The van der Waals surface area contributed by atoms with Crippen LogP contribution in [0.4, 0.5) is 0 Å². The van der Waals surface area contributed by atoms with Crippen molar-refractivity contribution in [2.45, 2.75) is 37.3 Å². The maximum Gasteiger partial charge on any atom is 0.277 e. The molecule has 4 nitrogen and oxygen atoms in total. The van der Waals surface area contributed by atoms with Gasteiger partial charge in [-0.2, -0.15) is 0 Å². The van der Waals surface area contributed by atoms with Gasteiger partial charge in [-0.15, -0.1) is 10.2 Å². The molecule has 0 spiro atoms. The molecular formula is C19H22ClN3OS. The molecule has 132 valence electrons. The quantitative estimate of drug-likeness (QED) is 0.637. The van der Waals surface area contributed by atoms with Crippen molar-refractivity contribution < 1.29 is 22.6 Å². The van der Waals surface area contributed by atoms with E-state index >= 15 is 0 Å². The van der Waals surface area contributed by atoms with Crippen LogP contribution < -0.4 is 18.1 Å². The van der Waals surface area contributed by atoms with Crippen LogP contribution in [-0.2, 0) is 12.2 Å². The average Bonchev–Trinajstić information content (AvgIpc) is 3.06. The summed E-state index contributed by atoms with van der Waals surface area (Å²) in [6, 6.07) is 16.7. The third-order valence-electron chi connectivity index (χ3n) is 3.95. The van der Waals surface area contributed by atoms with E-state index in [4.69, 9.17) is 4.42 Å². The number of rotatable bonds is 6. The van der Waals surface area contributed by atoms with Crippen LogP contribution in [0.15, 0.2) is 58.2 Å². The molecule has 0 radical (unpaired) electrons. The van der Waals surface area contributed by atoms with E-state index in [0.29, 0.717) is 11.1 Å². The molecule has 3 rings (SSSR count). The predicted molar refractivity (Wildman–Crippen MR) is 95.6 cm³/mol. The molecule has 1 unspecified atom stereocenters. The van der Waals surface area contributed by atoms with Gasteiger partial charge in [-0.05, 0) is 30.5 Å². The number of benzene rings is 2. The largest absolute Gasteiger partial charge is 1.00 e. The van der Waals surface area contributed by atoms with Crippen LogP contribution in [-0.4, -0.2) is 10.2 Å². The fourth-order valence-electron chi connectivity index (χ4n) is 2.52. The third-order valence-corrected chi connectivity index (χ3v) is 4.82. The highest BCUT2D eigenvalue weighted by Crippen LogP contribution is 2.25. The van der Waals surface area contributed by atoms with Crippen LogP contribution in [0.1, 0.15) is 34.2 Å². The molecular weight excluding hydrogens is 354 g/mol. The Bertz CT molecular complexity index is 807. The lowest BCUT2D eigenvalue weighted by atomic mass is 10.1. The van der Waals surface area contributed by atoms with Gasteiger partial charge in [-0.3, -0.25) is 0 Å². The first-order valence-corrected chi connectivity index (χ1v) is 8.99. The van der Waals surface area contributed by atoms with Gasteiger partial charge in [0, 0.05) is 12.2 Å². The molecule has 0 saturated carbocycles. The van der Waals surface area contributed by atoms with Gasteiger partial charge in [-0.1, -0.05) is 65.9 Å². The summed E-state index contributed by atoms with van der Waals surface area (Å²) >= 11 is 1.57. The summed E-state index contributed by atoms with van der Waals surface area (Å²) in [7, 11) is 0. The number of halogens is 1. The van der Waals surface area contributed by atoms with Crippen molar-refractivity contribution in [2.24, 2.45) is 0 Å². The summed E-state index contributed by atoms with van der Waals surface area (Å²) in [5.74, 6) is 1.43. The molecule has 0 aliphatic rings. The van der Waals surface area contributed by atoms with E-state index in [1.54, 1.807) is 11.8 Å². The van der Waals surface area contributed by atoms with Crippen molar-refractivity contribution in [2.75, 3.05) is 0 Å². The summed E-state index contributed by atoms with van der Waals surface area (Å²) in [5, 5.41) is 8.92. The molecule has 1 heterocycles. The Morgan fingerprint density at radius 1 is 1.08 bits per heavy atom. The molecule has 6 heteroatoms. The van der Waals surface area contributed by atoms with Gasteiger partial charge in [0.25, 0.3) is 11.1 Å². The van der Waals surface area contributed by atoms with Gasteiger partial charge >= 0.3 is 0 Å². The van der Waals surface area contributed by atoms with Gasteiger partial charge in [0.05, 0.1) is 0 Å². The molecule has 25 heavy (non-hydrogen) atoms. The van der Waals surface area contributed by atoms with Crippen LogP contribution in [0.25, 0.3) is 0 Å². The van der Waals surface area contributed by atoms with E-state index < -0.39 is 0 Å². The maximum atomic E-state index is 5.79. The van der Waals surface area contributed by atoms with Crippen molar-refractivity contribution in [1.82, 2.24) is 10.2 Å². The molecule has 0 saturated heterocycles. The number of quaternary nitrogens is 1. The Morgan fingerprint density at radius 3 is 2.60 bits per heavy atom. The molecule has 0 bridgehead atoms. The molecule has 0 aliphatic heterocycles. The van der Waals surface area contributed by atoms with Gasteiger partial charge in [0.1, 0.15) is 0 Å². The van der Waals surface area contributed by atoms with Crippen LogP contribution in [0.3, 0.4) is 0 Å². The second-order valence-corrected chi connectivity index (χ2v) is 6.94. The minimum absolute atomic E-state index is 0. The smallest absolute Gasteiger partial charge is 0.277 e. The Balaban J connectivity index is 0.00000225. The lowest BCUT2D eigenvalue weighted by Crippen LogP contribution is -3.00. The number of hydrogen-bond donors (Lipinski definition) is 1. The Hall–Kier alpha value is -1.82. The maximum absolute atomic E-state index is 5.79. The zero-order valence-electron chi connectivity index (χ0n) is 14.4. The van der Waals surface area contributed by atoms with Gasteiger partial charge < -0.3 is 22.6 Å². The van der Waals surface area contributed by atoms with Crippen molar-refractivity contribution in [3.63, 3.8) is 0 Å². The van der Waals surface area contributed by atoms with Crippen LogP contribution in [0.2, 0.25) is 0 Å². The monoisotopic (exact) mass is 375 g/mol. The number of aryl methyl sites for hydroxylation is 2. The Labute approximate surface area is 158 Å². The molecule has 0 fully saturated rings. The second kappa shape index (κ2) is 9.04. The highest BCUT2D eigenvalue weighted by Gasteiger charge is 2.18. The topological polar surface area (TPSA) is 66.6 Å². The predicted octanol–water partition coefficient (Wildman–Crippen LogP) is 0.508. The Morgan fingerprint density at radius 2 is 1.84 bits per heavy atom. The second-order valence-electron chi connectivity index (χ2n) is 6.01. The zero-order chi connectivity index (χ0) is 16.9. The van der Waals surface area contributed by atoms with Crippen LogP contribution >= 0.6 is 11.8 Å². The van der Waals surface area contributed by atoms with Crippen molar-refractivity contribution in [3.05, 3.63) is 76.7 Å². The first-order chi connectivity index (χ1) is 11.6. The first kappa shape index (κ1) is 19.5. The number of thioether (sulfide) groups is 1. The summed E-state index contributed by atoms with van der Waals surface area (Å²) in [4.78, 5) is 0. The molecule has 0 amide bonds. The Kier molecular flexibility index (Phi) is 7.05. The minimum atomic E-state index is -0.0324. The average molecular weight is 376 g/mol. The summed E-state index contributed by atoms with van der Waals surface area (Å²) < 4.78 is 5.79. The molecule has 3 aromatic rings. The van der Waals surface area contributed by atoms with Crippen LogP contribution in [0, 0.1) is 13.8 Å².